The van der Waals surface area contributed by atoms with Crippen molar-refractivity contribution < 1.29 is 9.53 Å². The standard InChI is InChI=1S/C15H27NO2/c1-3-15(4-2)9-7-13(8-10-15)18-14(17)16-11-5-6-12-16/h13H,3-12H2,1-2H3. The van der Waals surface area contributed by atoms with Crippen LogP contribution in [-0.2, 0) is 4.74 Å². The second-order valence-corrected chi connectivity index (χ2v) is 5.98. The Labute approximate surface area is 111 Å². The molecule has 2 aliphatic rings. The quantitative estimate of drug-likeness (QED) is 0.761. The van der Waals surface area contributed by atoms with Crippen molar-refractivity contribution in [1.82, 2.24) is 4.90 Å². The minimum absolute atomic E-state index is 0.0713. The van der Waals surface area contributed by atoms with Crippen LogP contribution in [0.5, 0.6) is 0 Å². The molecule has 3 heteroatoms. The minimum atomic E-state index is -0.0713. The molecule has 0 N–H and O–H groups in total. The number of amides is 1. The lowest BCUT2D eigenvalue weighted by molar-refractivity contribution is 0.0191. The van der Waals surface area contributed by atoms with E-state index in [2.05, 4.69) is 13.8 Å². The van der Waals surface area contributed by atoms with Crippen LogP contribution >= 0.6 is 0 Å². The third-order valence-corrected chi connectivity index (χ3v) is 5.13. The summed E-state index contributed by atoms with van der Waals surface area (Å²) in [6.07, 6.45) is 9.44. The van der Waals surface area contributed by atoms with Crippen LogP contribution in [0, 0.1) is 5.41 Å². The zero-order chi connectivity index (χ0) is 13.0. The molecular formula is C15H27NO2. The first kappa shape index (κ1) is 13.7. The van der Waals surface area contributed by atoms with Gasteiger partial charge < -0.3 is 9.64 Å². The van der Waals surface area contributed by atoms with Gasteiger partial charge in [-0.2, -0.15) is 0 Å². The number of hydrogen-bond acceptors (Lipinski definition) is 2. The maximum Gasteiger partial charge on any atom is 0.410 e. The van der Waals surface area contributed by atoms with Crippen LogP contribution in [-0.4, -0.2) is 30.2 Å². The summed E-state index contributed by atoms with van der Waals surface area (Å²) in [4.78, 5) is 13.8. The van der Waals surface area contributed by atoms with Crippen LogP contribution in [0.4, 0.5) is 4.79 Å². The largest absolute Gasteiger partial charge is 0.446 e. The Kier molecular flexibility index (Phi) is 4.52. The lowest BCUT2D eigenvalue weighted by Gasteiger charge is -2.39. The van der Waals surface area contributed by atoms with E-state index in [4.69, 9.17) is 4.74 Å². The number of carbonyl (C=O) groups excluding carboxylic acids is 1. The normalized spacial score (nSPS) is 24.2. The fourth-order valence-electron chi connectivity index (χ4n) is 3.40. The summed E-state index contributed by atoms with van der Waals surface area (Å²) in [6, 6.07) is 0. The second-order valence-electron chi connectivity index (χ2n) is 5.98. The summed E-state index contributed by atoms with van der Waals surface area (Å²) in [7, 11) is 0. The topological polar surface area (TPSA) is 29.5 Å². The second kappa shape index (κ2) is 5.94. The molecule has 3 nitrogen and oxygen atoms in total. The maximum atomic E-state index is 11.9. The van der Waals surface area contributed by atoms with Crippen LogP contribution in [0.25, 0.3) is 0 Å². The number of carbonyl (C=O) groups is 1. The Hall–Kier alpha value is -0.730. The molecule has 0 bridgehead atoms. The first-order valence-electron chi connectivity index (χ1n) is 7.64. The van der Waals surface area contributed by atoms with E-state index in [1.54, 1.807) is 0 Å². The molecule has 1 amide bonds. The van der Waals surface area contributed by atoms with E-state index in [-0.39, 0.29) is 12.2 Å². The highest BCUT2D eigenvalue weighted by molar-refractivity contribution is 5.68. The van der Waals surface area contributed by atoms with Crippen molar-refractivity contribution in [3.63, 3.8) is 0 Å². The molecule has 0 aromatic heterocycles. The van der Waals surface area contributed by atoms with Crippen LogP contribution in [0.3, 0.4) is 0 Å². The van der Waals surface area contributed by atoms with Gasteiger partial charge in [-0.15, -0.1) is 0 Å². The van der Waals surface area contributed by atoms with E-state index < -0.39 is 0 Å². The van der Waals surface area contributed by atoms with Gasteiger partial charge in [0.15, 0.2) is 0 Å². The maximum absolute atomic E-state index is 11.9. The van der Waals surface area contributed by atoms with Crippen LogP contribution in [0.1, 0.15) is 65.2 Å². The molecule has 18 heavy (non-hydrogen) atoms. The van der Waals surface area contributed by atoms with Gasteiger partial charge in [0.25, 0.3) is 0 Å². The van der Waals surface area contributed by atoms with Crippen molar-refractivity contribution in [3.05, 3.63) is 0 Å². The number of rotatable bonds is 3. The molecule has 1 aliphatic heterocycles. The van der Waals surface area contributed by atoms with Gasteiger partial charge in [-0.3, -0.25) is 0 Å². The molecule has 0 unspecified atom stereocenters. The highest BCUT2D eigenvalue weighted by Gasteiger charge is 2.34. The van der Waals surface area contributed by atoms with E-state index >= 15 is 0 Å². The Bertz CT molecular complexity index is 270. The summed E-state index contributed by atoms with van der Waals surface area (Å²) in [5, 5.41) is 0. The van der Waals surface area contributed by atoms with Crippen molar-refractivity contribution in [3.8, 4) is 0 Å². The number of ether oxygens (including phenoxy) is 1. The average Bonchev–Trinajstić information content (AvgIpc) is 2.94. The minimum Gasteiger partial charge on any atom is -0.446 e. The van der Waals surface area contributed by atoms with Crippen LogP contribution in [0.15, 0.2) is 0 Å². The van der Waals surface area contributed by atoms with E-state index in [0.717, 1.165) is 38.8 Å². The van der Waals surface area contributed by atoms with Gasteiger partial charge in [0.2, 0.25) is 0 Å². The Morgan fingerprint density at radius 3 is 2.22 bits per heavy atom. The highest BCUT2D eigenvalue weighted by atomic mass is 16.6. The fourth-order valence-corrected chi connectivity index (χ4v) is 3.40. The van der Waals surface area contributed by atoms with Crippen molar-refractivity contribution in [1.29, 1.82) is 0 Å². The van der Waals surface area contributed by atoms with Gasteiger partial charge in [0.1, 0.15) is 6.10 Å². The zero-order valence-corrected chi connectivity index (χ0v) is 11.9. The van der Waals surface area contributed by atoms with E-state index in [1.807, 2.05) is 4.90 Å². The molecular weight excluding hydrogens is 226 g/mol. The molecule has 0 radical (unpaired) electrons. The van der Waals surface area contributed by atoms with Crippen LogP contribution < -0.4 is 0 Å². The molecule has 0 atom stereocenters. The van der Waals surface area contributed by atoms with Crippen molar-refractivity contribution >= 4 is 6.09 Å². The smallest absolute Gasteiger partial charge is 0.410 e. The Balaban J connectivity index is 1.77. The van der Waals surface area contributed by atoms with Gasteiger partial charge in [0.05, 0.1) is 0 Å². The summed E-state index contributed by atoms with van der Waals surface area (Å²) in [5.74, 6) is 0. The van der Waals surface area contributed by atoms with Crippen molar-refractivity contribution in [2.75, 3.05) is 13.1 Å². The third kappa shape index (κ3) is 2.99. The first-order chi connectivity index (χ1) is 8.69. The molecule has 1 saturated heterocycles. The predicted molar refractivity (Wildman–Crippen MR) is 72.6 cm³/mol. The van der Waals surface area contributed by atoms with Crippen LogP contribution in [0.2, 0.25) is 0 Å². The van der Waals surface area contributed by atoms with Gasteiger partial charge in [-0.25, -0.2) is 4.79 Å². The van der Waals surface area contributed by atoms with Gasteiger partial charge in [-0.05, 0) is 43.9 Å². The highest BCUT2D eigenvalue weighted by Crippen LogP contribution is 2.42. The number of nitrogens with zero attached hydrogens (tertiary/aromatic N) is 1. The first-order valence-corrected chi connectivity index (χ1v) is 7.64. The summed E-state index contributed by atoms with van der Waals surface area (Å²) >= 11 is 0. The third-order valence-electron chi connectivity index (χ3n) is 5.13. The molecule has 0 spiro atoms. The zero-order valence-electron chi connectivity index (χ0n) is 11.9. The van der Waals surface area contributed by atoms with E-state index in [0.29, 0.717) is 5.41 Å². The van der Waals surface area contributed by atoms with Gasteiger partial charge in [0, 0.05) is 13.1 Å². The van der Waals surface area contributed by atoms with Gasteiger partial charge in [-0.1, -0.05) is 26.7 Å². The lowest BCUT2D eigenvalue weighted by Crippen LogP contribution is -2.36. The van der Waals surface area contributed by atoms with E-state index in [1.165, 1.54) is 25.7 Å². The molecule has 1 saturated carbocycles. The Morgan fingerprint density at radius 1 is 1.17 bits per heavy atom. The monoisotopic (exact) mass is 253 g/mol. The molecule has 1 aliphatic carbocycles. The van der Waals surface area contributed by atoms with Gasteiger partial charge >= 0.3 is 6.09 Å². The molecule has 2 fully saturated rings. The predicted octanol–water partition coefficient (Wildman–Crippen LogP) is 3.97. The van der Waals surface area contributed by atoms with Crippen molar-refractivity contribution in [2.45, 2.75) is 71.3 Å². The Morgan fingerprint density at radius 2 is 1.72 bits per heavy atom. The average molecular weight is 253 g/mol. The summed E-state index contributed by atoms with van der Waals surface area (Å²) < 4.78 is 5.64. The molecule has 2 rings (SSSR count). The molecule has 1 heterocycles. The van der Waals surface area contributed by atoms with E-state index in [9.17, 15) is 4.79 Å². The lowest BCUT2D eigenvalue weighted by atomic mass is 9.70. The SMILES string of the molecule is CCC1(CC)CCC(OC(=O)N2CCCC2)CC1. The molecule has 104 valence electrons. The number of hydrogen-bond donors (Lipinski definition) is 0. The summed E-state index contributed by atoms with van der Waals surface area (Å²) in [6.45, 7) is 6.36. The molecule has 0 aromatic rings. The van der Waals surface area contributed by atoms with Crippen molar-refractivity contribution in [2.24, 2.45) is 5.41 Å². The summed E-state index contributed by atoms with van der Waals surface area (Å²) in [5.41, 5.74) is 0.524. The molecule has 0 aromatic carbocycles. The fraction of sp³-hybridized carbons (Fsp3) is 0.933. The number of likely N-dealkylation sites (tertiary alicyclic amines) is 1.